The minimum Gasteiger partial charge on any atom is -0.308 e. The van der Waals surface area contributed by atoms with Gasteiger partial charge < -0.3 is 10.2 Å². The molecular weight excluding hydrogens is 176 g/mol. The van der Waals surface area contributed by atoms with Crippen LogP contribution in [0.25, 0.3) is 0 Å². The minimum atomic E-state index is 0.303. The largest absolute Gasteiger partial charge is 0.308 e. The molecule has 0 atom stereocenters. The third-order valence-electron chi connectivity index (χ3n) is 2.86. The van der Waals surface area contributed by atoms with Crippen molar-refractivity contribution in [3.8, 4) is 0 Å². The van der Waals surface area contributed by atoms with Crippen molar-refractivity contribution in [3.63, 3.8) is 0 Å². The van der Waals surface area contributed by atoms with Crippen molar-refractivity contribution >= 4 is 5.78 Å². The average Bonchev–Trinajstić information content (AvgIpc) is 2.15. The van der Waals surface area contributed by atoms with E-state index in [0.717, 1.165) is 25.9 Å². The summed E-state index contributed by atoms with van der Waals surface area (Å²) in [5, 5.41) is 3.19. The van der Waals surface area contributed by atoms with Gasteiger partial charge in [-0.25, -0.2) is 0 Å². The first-order valence-electron chi connectivity index (χ1n) is 5.54. The highest BCUT2D eigenvalue weighted by atomic mass is 16.1. The highest BCUT2D eigenvalue weighted by molar-refractivity contribution is 5.83. The van der Waals surface area contributed by atoms with Crippen molar-refractivity contribution in [2.45, 2.75) is 32.7 Å². The van der Waals surface area contributed by atoms with Crippen LogP contribution in [-0.4, -0.2) is 43.4 Å². The Morgan fingerprint density at radius 3 is 2.50 bits per heavy atom. The molecule has 0 bridgehead atoms. The number of ketones is 1. The quantitative estimate of drug-likeness (QED) is 0.728. The Bertz CT molecular complexity index is 184. The molecule has 0 spiro atoms. The van der Waals surface area contributed by atoms with Gasteiger partial charge in [-0.05, 0) is 33.0 Å². The average molecular weight is 198 g/mol. The van der Waals surface area contributed by atoms with Gasteiger partial charge in [-0.1, -0.05) is 13.8 Å². The first-order valence-corrected chi connectivity index (χ1v) is 5.54. The van der Waals surface area contributed by atoms with Gasteiger partial charge in [0.05, 0.1) is 6.54 Å². The highest BCUT2D eigenvalue weighted by Gasteiger charge is 2.22. The summed E-state index contributed by atoms with van der Waals surface area (Å²) in [6, 6.07) is 0.408. The van der Waals surface area contributed by atoms with Gasteiger partial charge in [0.15, 0.2) is 0 Å². The molecule has 0 saturated carbocycles. The first kappa shape index (κ1) is 11.7. The van der Waals surface area contributed by atoms with Gasteiger partial charge in [-0.2, -0.15) is 0 Å². The molecule has 1 heterocycles. The lowest BCUT2D eigenvalue weighted by Gasteiger charge is -2.28. The summed E-state index contributed by atoms with van der Waals surface area (Å²) in [6.45, 7) is 6.83. The van der Waals surface area contributed by atoms with Crippen LogP contribution in [0.5, 0.6) is 0 Å². The van der Waals surface area contributed by atoms with Crippen LogP contribution in [0.1, 0.15) is 26.7 Å². The molecule has 1 fully saturated rings. The predicted molar refractivity (Wildman–Crippen MR) is 58.4 cm³/mol. The summed E-state index contributed by atoms with van der Waals surface area (Å²) in [6.07, 6.45) is 2.07. The van der Waals surface area contributed by atoms with Gasteiger partial charge in [0.25, 0.3) is 0 Å². The third kappa shape index (κ3) is 3.76. The second kappa shape index (κ2) is 5.47. The zero-order valence-electron chi connectivity index (χ0n) is 9.55. The Labute approximate surface area is 86.9 Å². The molecule has 0 unspecified atom stereocenters. The maximum Gasteiger partial charge on any atom is 0.149 e. The topological polar surface area (TPSA) is 32.3 Å². The zero-order valence-corrected chi connectivity index (χ0v) is 9.55. The van der Waals surface area contributed by atoms with Crippen LogP contribution in [0.4, 0.5) is 0 Å². The van der Waals surface area contributed by atoms with E-state index >= 15 is 0 Å². The Balaban J connectivity index is 2.24. The number of rotatable bonds is 4. The normalized spacial score (nSPS) is 20.3. The van der Waals surface area contributed by atoms with Crippen LogP contribution < -0.4 is 5.32 Å². The molecular formula is C11H22N2O. The van der Waals surface area contributed by atoms with E-state index in [2.05, 4.69) is 31.1 Å². The number of likely N-dealkylation sites (tertiary alicyclic amines) is 1. The fourth-order valence-electron chi connectivity index (χ4n) is 1.78. The van der Waals surface area contributed by atoms with E-state index in [1.165, 1.54) is 0 Å². The standard InChI is InChI=1S/C11H22N2O/c1-9(2)12-8-11(14)10-4-6-13(3)7-5-10/h9-10,12H,4-8H2,1-3H3. The SMILES string of the molecule is CC(C)NCC(=O)C1CCN(C)CC1. The second-order valence-electron chi connectivity index (χ2n) is 4.58. The molecule has 1 N–H and O–H groups in total. The van der Waals surface area contributed by atoms with E-state index in [9.17, 15) is 4.79 Å². The molecule has 3 nitrogen and oxygen atoms in total. The Hall–Kier alpha value is -0.410. The van der Waals surface area contributed by atoms with Crippen molar-refractivity contribution in [2.24, 2.45) is 5.92 Å². The third-order valence-corrected chi connectivity index (χ3v) is 2.86. The maximum atomic E-state index is 11.7. The van der Waals surface area contributed by atoms with Crippen LogP contribution in [0.15, 0.2) is 0 Å². The Morgan fingerprint density at radius 2 is 2.00 bits per heavy atom. The van der Waals surface area contributed by atoms with Crippen LogP contribution in [-0.2, 0) is 4.79 Å². The van der Waals surface area contributed by atoms with Crippen molar-refractivity contribution in [1.82, 2.24) is 10.2 Å². The molecule has 14 heavy (non-hydrogen) atoms. The Kier molecular flexibility index (Phi) is 4.55. The summed E-state index contributed by atoms with van der Waals surface area (Å²) in [7, 11) is 2.12. The monoisotopic (exact) mass is 198 g/mol. The fraction of sp³-hybridized carbons (Fsp3) is 0.909. The molecule has 0 aromatic carbocycles. The molecule has 0 amide bonds. The first-order chi connectivity index (χ1) is 6.59. The second-order valence-corrected chi connectivity index (χ2v) is 4.58. The molecule has 0 aliphatic carbocycles. The van der Waals surface area contributed by atoms with E-state index in [-0.39, 0.29) is 0 Å². The summed E-state index contributed by atoms with van der Waals surface area (Å²) in [4.78, 5) is 14.0. The number of Topliss-reactive ketones (excluding diaryl/α,β-unsaturated/α-hetero) is 1. The maximum absolute atomic E-state index is 11.7. The van der Waals surface area contributed by atoms with Crippen LogP contribution in [0, 0.1) is 5.92 Å². The molecule has 0 aromatic heterocycles. The summed E-state index contributed by atoms with van der Waals surface area (Å²) in [5.41, 5.74) is 0. The van der Waals surface area contributed by atoms with Gasteiger partial charge in [0, 0.05) is 12.0 Å². The van der Waals surface area contributed by atoms with Crippen molar-refractivity contribution in [2.75, 3.05) is 26.7 Å². The van der Waals surface area contributed by atoms with Crippen molar-refractivity contribution < 1.29 is 4.79 Å². The number of nitrogens with one attached hydrogen (secondary N) is 1. The fourth-order valence-corrected chi connectivity index (χ4v) is 1.78. The van der Waals surface area contributed by atoms with Gasteiger partial charge in [0.1, 0.15) is 5.78 Å². The lowest BCUT2D eigenvalue weighted by atomic mass is 9.92. The van der Waals surface area contributed by atoms with Crippen LogP contribution >= 0.6 is 0 Å². The van der Waals surface area contributed by atoms with E-state index in [0.29, 0.717) is 24.3 Å². The lowest BCUT2D eigenvalue weighted by molar-refractivity contribution is -0.123. The number of nitrogens with zero attached hydrogens (tertiary/aromatic N) is 1. The van der Waals surface area contributed by atoms with Gasteiger partial charge in [0.2, 0.25) is 0 Å². The summed E-state index contributed by atoms with van der Waals surface area (Å²) in [5.74, 6) is 0.698. The van der Waals surface area contributed by atoms with Crippen molar-refractivity contribution in [1.29, 1.82) is 0 Å². The number of hydrogen-bond acceptors (Lipinski definition) is 3. The van der Waals surface area contributed by atoms with Gasteiger partial charge in [-0.3, -0.25) is 4.79 Å². The van der Waals surface area contributed by atoms with Gasteiger partial charge >= 0.3 is 0 Å². The number of hydrogen-bond donors (Lipinski definition) is 1. The molecule has 0 aromatic rings. The predicted octanol–water partition coefficient (Wildman–Crippen LogP) is 0.895. The lowest BCUT2D eigenvalue weighted by Crippen LogP contribution is -2.38. The Morgan fingerprint density at radius 1 is 1.43 bits per heavy atom. The molecule has 3 heteroatoms. The molecule has 1 rings (SSSR count). The van der Waals surface area contributed by atoms with E-state index in [4.69, 9.17) is 0 Å². The molecule has 82 valence electrons. The zero-order chi connectivity index (χ0) is 10.6. The van der Waals surface area contributed by atoms with E-state index < -0.39 is 0 Å². The smallest absolute Gasteiger partial charge is 0.149 e. The van der Waals surface area contributed by atoms with Crippen molar-refractivity contribution in [3.05, 3.63) is 0 Å². The minimum absolute atomic E-state index is 0.303. The molecule has 1 aliphatic heterocycles. The summed E-state index contributed by atoms with van der Waals surface area (Å²) < 4.78 is 0. The van der Waals surface area contributed by atoms with Crippen LogP contribution in [0.2, 0.25) is 0 Å². The number of carbonyl (C=O) groups is 1. The van der Waals surface area contributed by atoms with Gasteiger partial charge in [-0.15, -0.1) is 0 Å². The number of carbonyl (C=O) groups excluding carboxylic acids is 1. The highest BCUT2D eigenvalue weighted by Crippen LogP contribution is 2.16. The summed E-state index contributed by atoms with van der Waals surface area (Å²) >= 11 is 0. The number of piperidine rings is 1. The molecule has 0 radical (unpaired) electrons. The van der Waals surface area contributed by atoms with E-state index in [1.807, 2.05) is 0 Å². The molecule has 1 aliphatic rings. The van der Waals surface area contributed by atoms with Crippen LogP contribution in [0.3, 0.4) is 0 Å². The molecule has 1 saturated heterocycles. The van der Waals surface area contributed by atoms with E-state index in [1.54, 1.807) is 0 Å².